The molecule has 1 aliphatic rings. The van der Waals surface area contributed by atoms with Gasteiger partial charge in [0.1, 0.15) is 5.60 Å². The van der Waals surface area contributed by atoms with Crippen LogP contribution < -0.4 is 10.9 Å². The molecule has 0 spiro atoms. The average Bonchev–Trinajstić information content (AvgIpc) is 2.86. The highest BCUT2D eigenvalue weighted by Gasteiger charge is 2.43. The molecular formula is C26H31F2N5O3. The van der Waals surface area contributed by atoms with Gasteiger partial charge in [-0.1, -0.05) is 18.2 Å². The number of anilines is 1. The molecule has 0 unspecified atom stereocenters. The molecule has 1 fully saturated rings. The number of carbonyl (C=O) groups is 1. The van der Waals surface area contributed by atoms with E-state index in [-0.39, 0.29) is 29.1 Å². The van der Waals surface area contributed by atoms with Gasteiger partial charge in [-0.15, -0.1) is 5.10 Å². The predicted molar refractivity (Wildman–Crippen MR) is 133 cm³/mol. The third-order valence-corrected chi connectivity index (χ3v) is 7.27. The Kier molecular flexibility index (Phi) is 7.08. The molecule has 3 aromatic rings. The monoisotopic (exact) mass is 499 g/mol. The van der Waals surface area contributed by atoms with Crippen LogP contribution in [-0.4, -0.2) is 45.3 Å². The topological polar surface area (TPSA) is 89.3 Å². The Bertz CT molecular complexity index is 1340. The summed E-state index contributed by atoms with van der Waals surface area (Å²) in [6.45, 7) is 5.82. The van der Waals surface area contributed by atoms with E-state index < -0.39 is 12.0 Å². The molecule has 0 bridgehead atoms. The van der Waals surface area contributed by atoms with E-state index in [1.165, 1.54) is 22.9 Å². The van der Waals surface area contributed by atoms with E-state index in [1.54, 1.807) is 44.2 Å². The molecule has 3 atom stereocenters. The van der Waals surface area contributed by atoms with Crippen LogP contribution in [-0.2, 0) is 22.2 Å². The first kappa shape index (κ1) is 25.7. The van der Waals surface area contributed by atoms with Gasteiger partial charge >= 0.3 is 0 Å². The zero-order valence-corrected chi connectivity index (χ0v) is 21.1. The molecular weight excluding hydrogens is 468 g/mol. The fourth-order valence-corrected chi connectivity index (χ4v) is 5.20. The third-order valence-electron chi connectivity index (χ3n) is 7.27. The molecule has 1 aromatic carbocycles. The first-order valence-electron chi connectivity index (χ1n) is 11.9. The zero-order valence-electron chi connectivity index (χ0n) is 21.1. The van der Waals surface area contributed by atoms with Crippen LogP contribution in [0.5, 0.6) is 0 Å². The Morgan fingerprint density at radius 1 is 1.28 bits per heavy atom. The van der Waals surface area contributed by atoms with Crippen molar-refractivity contribution in [2.45, 2.75) is 57.7 Å². The molecule has 8 nitrogen and oxygen atoms in total. The van der Waals surface area contributed by atoms with Gasteiger partial charge in [0.25, 0.3) is 12.0 Å². The number of amides is 1. The lowest BCUT2D eigenvalue weighted by Crippen LogP contribution is -2.52. The molecule has 10 heteroatoms. The number of aromatic nitrogens is 3. The molecule has 4 rings (SSSR count). The van der Waals surface area contributed by atoms with Crippen LogP contribution in [0.4, 0.5) is 14.6 Å². The number of rotatable bonds is 6. The van der Waals surface area contributed by atoms with E-state index in [0.717, 1.165) is 0 Å². The molecule has 36 heavy (non-hydrogen) atoms. The minimum Gasteiger partial charge on any atom is -0.373 e. The maximum atomic E-state index is 13.5. The van der Waals surface area contributed by atoms with Crippen LogP contribution in [0.25, 0.3) is 10.9 Å². The summed E-state index contributed by atoms with van der Waals surface area (Å²) in [5, 5.41) is 12.3. The second-order valence-corrected chi connectivity index (χ2v) is 9.47. The molecule has 0 radical (unpaired) electrons. The predicted octanol–water partition coefficient (Wildman–Crippen LogP) is 4.31. The van der Waals surface area contributed by atoms with Gasteiger partial charge in [0.15, 0.2) is 5.82 Å². The van der Waals surface area contributed by atoms with Gasteiger partial charge in [-0.05, 0) is 38.0 Å². The standard InChI is InChI=1S/C26H31F2N5O3/c1-15-13-26(36-5,9-10-33(15)17(3)34)21-12-20-22(32(4)25(21)35)14-29-31-24(20)30-16(2)18-7-6-8-19(11-18)23(27)28/h6-8,11-12,14-16,23H,9-10,13H2,1-5H3,(H,30,31)/t15-,16+,26+/m0/s1. The summed E-state index contributed by atoms with van der Waals surface area (Å²) in [4.78, 5) is 27.3. The Labute approximate surface area is 208 Å². The molecule has 3 heterocycles. The largest absolute Gasteiger partial charge is 0.373 e. The quantitative estimate of drug-likeness (QED) is 0.544. The number of likely N-dealkylation sites (tertiary alicyclic amines) is 1. The van der Waals surface area contributed by atoms with Gasteiger partial charge in [0.2, 0.25) is 5.91 Å². The second-order valence-electron chi connectivity index (χ2n) is 9.47. The summed E-state index contributed by atoms with van der Waals surface area (Å²) in [6, 6.07) is 7.56. The van der Waals surface area contributed by atoms with E-state index in [1.807, 2.05) is 13.8 Å². The van der Waals surface area contributed by atoms with Crippen LogP contribution in [0.3, 0.4) is 0 Å². The summed E-state index contributed by atoms with van der Waals surface area (Å²) in [5.74, 6) is 0.421. The SMILES string of the molecule is CO[C@]1(c2cc3c(N[C@H](C)c4cccc(C(F)F)c4)nncc3n(C)c2=O)CCN(C(C)=O)[C@@H](C)C1. The number of alkyl halides is 2. The Hall–Kier alpha value is -3.40. The number of aryl methyl sites for hydroxylation is 1. The van der Waals surface area contributed by atoms with Crippen molar-refractivity contribution in [1.29, 1.82) is 0 Å². The lowest BCUT2D eigenvalue weighted by molar-refractivity contribution is -0.140. The van der Waals surface area contributed by atoms with Crippen molar-refractivity contribution in [3.8, 4) is 0 Å². The lowest BCUT2D eigenvalue weighted by atomic mass is 9.81. The molecule has 2 aromatic heterocycles. The fraction of sp³-hybridized carbons (Fsp3) is 0.462. The van der Waals surface area contributed by atoms with Crippen molar-refractivity contribution in [2.75, 3.05) is 19.0 Å². The number of hydrogen-bond acceptors (Lipinski definition) is 6. The van der Waals surface area contributed by atoms with E-state index in [9.17, 15) is 18.4 Å². The number of pyridine rings is 1. The number of hydrogen-bond donors (Lipinski definition) is 1. The van der Waals surface area contributed by atoms with Gasteiger partial charge in [-0.2, -0.15) is 5.10 Å². The van der Waals surface area contributed by atoms with E-state index in [4.69, 9.17) is 4.74 Å². The van der Waals surface area contributed by atoms with Crippen molar-refractivity contribution in [3.05, 3.63) is 63.6 Å². The maximum absolute atomic E-state index is 13.5. The van der Waals surface area contributed by atoms with E-state index >= 15 is 0 Å². The fourth-order valence-electron chi connectivity index (χ4n) is 5.20. The summed E-state index contributed by atoms with van der Waals surface area (Å²) in [7, 11) is 3.26. The van der Waals surface area contributed by atoms with Crippen LogP contribution >= 0.6 is 0 Å². The highest BCUT2D eigenvalue weighted by molar-refractivity contribution is 5.89. The van der Waals surface area contributed by atoms with Crippen LogP contribution in [0.15, 0.2) is 41.3 Å². The van der Waals surface area contributed by atoms with Crippen LogP contribution in [0, 0.1) is 0 Å². The number of piperidine rings is 1. The zero-order chi connectivity index (χ0) is 26.2. The van der Waals surface area contributed by atoms with Gasteiger partial charge in [0.05, 0.1) is 23.3 Å². The molecule has 1 saturated heterocycles. The van der Waals surface area contributed by atoms with Crippen molar-refractivity contribution in [3.63, 3.8) is 0 Å². The number of methoxy groups -OCH3 is 1. The number of ether oxygens (including phenoxy) is 1. The number of benzene rings is 1. The Morgan fingerprint density at radius 2 is 2.00 bits per heavy atom. The highest BCUT2D eigenvalue weighted by Crippen LogP contribution is 2.39. The Balaban J connectivity index is 1.77. The lowest BCUT2D eigenvalue weighted by Gasteiger charge is -2.44. The minimum absolute atomic E-state index is 0.00900. The van der Waals surface area contributed by atoms with Crippen molar-refractivity contribution < 1.29 is 18.3 Å². The summed E-state index contributed by atoms with van der Waals surface area (Å²) in [6.07, 6.45) is -0.0868. The molecule has 192 valence electrons. The average molecular weight is 500 g/mol. The van der Waals surface area contributed by atoms with Gasteiger partial charge in [0, 0.05) is 51.0 Å². The van der Waals surface area contributed by atoms with Crippen molar-refractivity contribution in [2.24, 2.45) is 7.05 Å². The summed E-state index contributed by atoms with van der Waals surface area (Å²) in [5.41, 5.74) is 0.614. The molecule has 0 aliphatic carbocycles. The summed E-state index contributed by atoms with van der Waals surface area (Å²) >= 11 is 0. The van der Waals surface area contributed by atoms with Crippen LogP contribution in [0.1, 0.15) is 62.8 Å². The van der Waals surface area contributed by atoms with E-state index in [0.29, 0.717) is 47.2 Å². The van der Waals surface area contributed by atoms with E-state index in [2.05, 4.69) is 15.5 Å². The van der Waals surface area contributed by atoms with Gasteiger partial charge in [-0.3, -0.25) is 9.59 Å². The smallest absolute Gasteiger partial charge is 0.263 e. The van der Waals surface area contributed by atoms with Gasteiger partial charge in [-0.25, -0.2) is 8.78 Å². The number of nitrogens with one attached hydrogen (secondary N) is 1. The minimum atomic E-state index is -2.56. The third kappa shape index (κ3) is 4.57. The number of halogens is 2. The van der Waals surface area contributed by atoms with Crippen molar-refractivity contribution >= 4 is 22.6 Å². The first-order chi connectivity index (χ1) is 17.1. The first-order valence-corrected chi connectivity index (χ1v) is 11.9. The van der Waals surface area contributed by atoms with Crippen molar-refractivity contribution in [1.82, 2.24) is 19.7 Å². The molecule has 1 N–H and O–H groups in total. The summed E-state index contributed by atoms with van der Waals surface area (Å²) < 4.78 is 33.9. The number of nitrogens with zero attached hydrogens (tertiary/aromatic N) is 4. The number of fused-ring (bicyclic) bond motifs is 1. The highest BCUT2D eigenvalue weighted by atomic mass is 19.3. The second kappa shape index (κ2) is 9.93. The molecule has 1 aliphatic heterocycles. The maximum Gasteiger partial charge on any atom is 0.263 e. The normalized spacial score (nSPS) is 21.1. The Morgan fingerprint density at radius 3 is 2.64 bits per heavy atom. The number of carbonyl (C=O) groups excluding carboxylic acids is 1. The van der Waals surface area contributed by atoms with Gasteiger partial charge < -0.3 is 19.5 Å². The van der Waals surface area contributed by atoms with Crippen LogP contribution in [0.2, 0.25) is 0 Å². The molecule has 1 amide bonds. The molecule has 0 saturated carbocycles.